The van der Waals surface area contributed by atoms with Crippen LogP contribution in [0.2, 0.25) is 0 Å². The van der Waals surface area contributed by atoms with Gasteiger partial charge in [-0.1, -0.05) is 12.1 Å². The topological polar surface area (TPSA) is 43.1 Å². The van der Waals surface area contributed by atoms with E-state index >= 15 is 0 Å². The molecule has 0 amide bonds. The average Bonchev–Trinajstić information content (AvgIpc) is 2.59. The van der Waals surface area contributed by atoms with Crippen LogP contribution >= 0.6 is 22.6 Å². The fourth-order valence-corrected chi connectivity index (χ4v) is 3.55. The number of nitrogen functional groups attached to an aromatic ring is 1. The normalized spacial score (nSPS) is 13.4. The smallest absolute Gasteiger partial charge is 0.399 e. The summed E-state index contributed by atoms with van der Waals surface area (Å²) in [4.78, 5) is 12.3. The summed E-state index contributed by atoms with van der Waals surface area (Å²) in [6.45, 7) is 0. The minimum Gasteiger partial charge on any atom is -0.399 e. The highest BCUT2D eigenvalue weighted by Gasteiger charge is 2.73. The number of carbonyl (C=O) groups is 1. The molecule has 0 aromatic heterocycles. The first-order chi connectivity index (χ1) is 13.9. The molecule has 2 nitrogen and oxygen atoms in total. The molecule has 2 aromatic rings. The Morgan fingerprint density at radius 3 is 1.87 bits per heavy atom. The zero-order valence-electron chi connectivity index (χ0n) is 14.8. The second-order valence-corrected chi connectivity index (χ2v) is 7.52. The molecule has 0 saturated heterocycles. The highest BCUT2D eigenvalue weighted by Crippen LogP contribution is 2.54. The van der Waals surface area contributed by atoms with Gasteiger partial charge in [0.2, 0.25) is 0 Å². The van der Waals surface area contributed by atoms with E-state index in [2.05, 4.69) is 0 Å². The second-order valence-electron chi connectivity index (χ2n) is 6.36. The number of hydrogen-bond donors (Lipinski definition) is 1. The van der Waals surface area contributed by atoms with E-state index in [0.717, 1.165) is 28.7 Å². The molecule has 0 atom stereocenters. The number of carbonyl (C=O) groups excluding carboxylic acids is 1. The van der Waals surface area contributed by atoms with Gasteiger partial charge in [0.05, 0.1) is 5.56 Å². The van der Waals surface area contributed by atoms with Crippen LogP contribution in [0.4, 0.5) is 49.6 Å². The molecule has 0 spiro atoms. The lowest BCUT2D eigenvalue weighted by molar-refractivity contribution is -0.348. The first kappa shape index (κ1) is 25.2. The van der Waals surface area contributed by atoms with Crippen LogP contribution in [-0.4, -0.2) is 18.1 Å². The molecule has 0 aliphatic carbocycles. The number of anilines is 1. The van der Waals surface area contributed by atoms with E-state index in [1.165, 1.54) is 18.2 Å². The van der Waals surface area contributed by atoms with Crippen molar-refractivity contribution in [3.63, 3.8) is 0 Å². The zero-order valence-corrected chi connectivity index (χ0v) is 17.0. The molecule has 0 aliphatic heterocycles. The Kier molecular flexibility index (Phi) is 6.61. The summed E-state index contributed by atoms with van der Waals surface area (Å²) in [6.07, 6.45) is -19.7. The summed E-state index contributed by atoms with van der Waals surface area (Å²) in [5, 5.41) is 0. The third-order valence-electron chi connectivity index (χ3n) is 4.23. The molecule has 0 saturated carbocycles. The maximum Gasteiger partial charge on any atom is 0.435 e. The molecular formula is C18H10F10INO. The number of halogens is 11. The van der Waals surface area contributed by atoms with Crippen LogP contribution in [0, 0.1) is 3.57 Å². The largest absolute Gasteiger partial charge is 0.435 e. The predicted molar refractivity (Wildman–Crippen MR) is 97.9 cm³/mol. The molecule has 13 heteroatoms. The van der Waals surface area contributed by atoms with Gasteiger partial charge in [0.15, 0.2) is 5.78 Å². The summed E-state index contributed by atoms with van der Waals surface area (Å²) in [5.74, 6) is -0.929. The van der Waals surface area contributed by atoms with Crippen molar-refractivity contribution in [2.75, 3.05) is 5.73 Å². The molecule has 0 aliphatic rings. The Bertz CT molecular complexity index is 980. The summed E-state index contributed by atoms with van der Waals surface area (Å²) in [7, 11) is 0. The van der Waals surface area contributed by atoms with Crippen molar-refractivity contribution in [2.45, 2.75) is 30.6 Å². The van der Waals surface area contributed by atoms with Crippen LogP contribution in [0.3, 0.4) is 0 Å². The molecule has 31 heavy (non-hydrogen) atoms. The lowest BCUT2D eigenvalue weighted by Crippen LogP contribution is -2.50. The fourth-order valence-electron chi connectivity index (χ4n) is 2.73. The number of Topliss-reactive ketones (excluding diaryl/α,β-unsaturated/α-hetero) is 1. The number of benzene rings is 2. The van der Waals surface area contributed by atoms with Gasteiger partial charge >= 0.3 is 24.2 Å². The fraction of sp³-hybridized carbons (Fsp3) is 0.278. The lowest BCUT2D eigenvalue weighted by Gasteiger charge is -2.31. The number of hydrogen-bond acceptors (Lipinski definition) is 2. The summed E-state index contributed by atoms with van der Waals surface area (Å²) < 4.78 is 132. The first-order valence-corrected chi connectivity index (χ1v) is 9.08. The third-order valence-corrected chi connectivity index (χ3v) is 5.19. The Morgan fingerprint density at radius 2 is 1.42 bits per heavy atom. The van der Waals surface area contributed by atoms with E-state index in [0.29, 0.717) is 0 Å². The van der Waals surface area contributed by atoms with Gasteiger partial charge in [-0.25, -0.2) is 4.39 Å². The highest BCUT2D eigenvalue weighted by atomic mass is 127. The van der Waals surface area contributed by atoms with Gasteiger partial charge in [-0.3, -0.25) is 4.79 Å². The molecule has 0 radical (unpaired) electrons. The molecule has 0 heterocycles. The standard InChI is InChI=1S/C18H10F10INO/c19-15(17(23,24)25,18(26,27)28)9-5-12(16(20,21)22)11(13(29)6-9)7-14(31)8-2-1-3-10(30)4-8/h1-6H,7,30H2. The van der Waals surface area contributed by atoms with E-state index in [1.54, 1.807) is 0 Å². The van der Waals surface area contributed by atoms with Crippen molar-refractivity contribution in [1.29, 1.82) is 0 Å². The molecule has 0 fully saturated rings. The Balaban J connectivity index is 2.70. The van der Waals surface area contributed by atoms with E-state index in [-0.39, 0.29) is 17.3 Å². The van der Waals surface area contributed by atoms with Gasteiger partial charge in [0.25, 0.3) is 0 Å². The second kappa shape index (κ2) is 8.13. The van der Waals surface area contributed by atoms with Crippen molar-refractivity contribution in [2.24, 2.45) is 0 Å². The monoisotopic (exact) mass is 573 g/mol. The van der Waals surface area contributed by atoms with Crippen molar-refractivity contribution in [1.82, 2.24) is 0 Å². The summed E-state index contributed by atoms with van der Waals surface area (Å²) >= 11 is 1.03. The minimum atomic E-state index is -6.59. The zero-order chi connectivity index (χ0) is 24.0. The van der Waals surface area contributed by atoms with Crippen LogP contribution < -0.4 is 5.73 Å². The van der Waals surface area contributed by atoms with E-state index in [9.17, 15) is 48.7 Å². The van der Waals surface area contributed by atoms with Crippen molar-refractivity contribution in [3.05, 3.63) is 62.2 Å². The van der Waals surface area contributed by atoms with Crippen molar-refractivity contribution < 1.29 is 48.7 Å². The third kappa shape index (κ3) is 4.90. The number of nitrogens with two attached hydrogens (primary N) is 1. The summed E-state index contributed by atoms with van der Waals surface area (Å²) in [6, 6.07) is 4.49. The molecular weight excluding hydrogens is 563 g/mol. The Hall–Kier alpha value is -2.06. The number of alkyl halides is 10. The van der Waals surface area contributed by atoms with Gasteiger partial charge in [0, 0.05) is 26.8 Å². The SMILES string of the molecule is Nc1cccc(C(=O)Cc2c(I)cc(C(F)(C(F)(F)F)C(F)(F)F)cc2C(F)(F)F)c1. The Morgan fingerprint density at radius 1 is 0.871 bits per heavy atom. The van der Waals surface area contributed by atoms with Gasteiger partial charge < -0.3 is 5.73 Å². The van der Waals surface area contributed by atoms with Gasteiger partial charge in [-0.2, -0.15) is 39.5 Å². The van der Waals surface area contributed by atoms with Crippen LogP contribution in [-0.2, 0) is 18.3 Å². The molecule has 2 rings (SSSR count). The van der Waals surface area contributed by atoms with Crippen LogP contribution in [0.25, 0.3) is 0 Å². The van der Waals surface area contributed by atoms with Gasteiger partial charge in [-0.05, 0) is 52.4 Å². The maximum absolute atomic E-state index is 14.3. The average molecular weight is 573 g/mol. The van der Waals surface area contributed by atoms with E-state index < -0.39 is 62.7 Å². The van der Waals surface area contributed by atoms with Crippen molar-refractivity contribution in [3.8, 4) is 0 Å². The van der Waals surface area contributed by atoms with Gasteiger partial charge in [-0.15, -0.1) is 0 Å². The minimum absolute atomic E-state index is 0.00124. The van der Waals surface area contributed by atoms with Crippen LogP contribution in [0.1, 0.15) is 27.0 Å². The van der Waals surface area contributed by atoms with Crippen molar-refractivity contribution >= 4 is 34.1 Å². The van der Waals surface area contributed by atoms with E-state index in [1.807, 2.05) is 0 Å². The lowest BCUT2D eigenvalue weighted by atomic mass is 9.89. The Labute approximate surface area is 181 Å². The molecule has 2 N–H and O–H groups in total. The summed E-state index contributed by atoms with van der Waals surface area (Å²) in [5.41, 5.74) is -5.76. The first-order valence-electron chi connectivity index (χ1n) is 8.00. The highest BCUT2D eigenvalue weighted by molar-refractivity contribution is 14.1. The quantitative estimate of drug-likeness (QED) is 0.194. The van der Waals surface area contributed by atoms with E-state index in [4.69, 9.17) is 5.73 Å². The van der Waals surface area contributed by atoms with Gasteiger partial charge in [0.1, 0.15) is 0 Å². The molecule has 0 bridgehead atoms. The maximum atomic E-state index is 14.3. The van der Waals surface area contributed by atoms with Crippen LogP contribution in [0.5, 0.6) is 0 Å². The molecule has 0 unspecified atom stereocenters. The number of ketones is 1. The van der Waals surface area contributed by atoms with Crippen LogP contribution in [0.15, 0.2) is 36.4 Å². The predicted octanol–water partition coefficient (Wildman–Crippen LogP) is 6.61. The molecule has 2 aromatic carbocycles. The number of rotatable bonds is 4. The molecule has 170 valence electrons.